The van der Waals surface area contributed by atoms with Crippen LogP contribution in [0.25, 0.3) is 0 Å². The highest BCUT2D eigenvalue weighted by Gasteiger charge is 2.57. The van der Waals surface area contributed by atoms with Gasteiger partial charge in [0.2, 0.25) is 0 Å². The minimum atomic E-state index is 0.527. The number of hydrogen-bond donors (Lipinski definition) is 0. The molecule has 0 aromatic heterocycles. The van der Waals surface area contributed by atoms with E-state index >= 15 is 0 Å². The van der Waals surface area contributed by atoms with Crippen LogP contribution in [-0.4, -0.2) is 0 Å². The van der Waals surface area contributed by atoms with E-state index in [1.807, 2.05) is 5.57 Å². The molecule has 0 spiro atoms. The summed E-state index contributed by atoms with van der Waals surface area (Å²) in [5, 5.41) is 0. The van der Waals surface area contributed by atoms with Crippen LogP contribution in [0.3, 0.4) is 0 Å². The summed E-state index contributed by atoms with van der Waals surface area (Å²) in [7, 11) is 0. The lowest BCUT2D eigenvalue weighted by Crippen LogP contribution is -2.50. The molecular formula is C28H48. The van der Waals surface area contributed by atoms with Gasteiger partial charge in [-0.3, -0.25) is 0 Å². The van der Waals surface area contributed by atoms with E-state index in [1.165, 1.54) is 70.6 Å². The summed E-state index contributed by atoms with van der Waals surface area (Å²) in [5.41, 5.74) is 3.14. The maximum Gasteiger partial charge on any atom is -0.00797 e. The zero-order valence-corrected chi connectivity index (χ0v) is 19.9. The molecule has 0 aromatic rings. The van der Waals surface area contributed by atoms with Crippen LogP contribution in [0.4, 0.5) is 0 Å². The Hall–Kier alpha value is -0.260. The molecule has 3 saturated carbocycles. The van der Waals surface area contributed by atoms with Gasteiger partial charge in [-0.1, -0.05) is 78.9 Å². The smallest absolute Gasteiger partial charge is 0.00797 e. The van der Waals surface area contributed by atoms with Crippen molar-refractivity contribution in [2.75, 3.05) is 0 Å². The van der Waals surface area contributed by atoms with Crippen LogP contribution in [0.5, 0.6) is 0 Å². The summed E-state index contributed by atoms with van der Waals surface area (Å²) in [6.45, 7) is 15.2. The van der Waals surface area contributed by atoms with Crippen molar-refractivity contribution in [1.29, 1.82) is 0 Å². The van der Waals surface area contributed by atoms with Gasteiger partial charge < -0.3 is 0 Å². The summed E-state index contributed by atoms with van der Waals surface area (Å²) < 4.78 is 0. The van der Waals surface area contributed by atoms with Gasteiger partial charge in [-0.25, -0.2) is 0 Å². The van der Waals surface area contributed by atoms with Gasteiger partial charge in [-0.15, -0.1) is 0 Å². The molecule has 4 rings (SSSR count). The fourth-order valence-corrected chi connectivity index (χ4v) is 8.58. The van der Waals surface area contributed by atoms with Crippen LogP contribution in [-0.2, 0) is 0 Å². The van der Waals surface area contributed by atoms with E-state index in [9.17, 15) is 0 Å². The average Bonchev–Trinajstić information content (AvgIpc) is 3.02. The quantitative estimate of drug-likeness (QED) is 0.416. The predicted molar refractivity (Wildman–Crippen MR) is 122 cm³/mol. The molecular weight excluding hydrogens is 336 g/mol. The Morgan fingerprint density at radius 3 is 2.46 bits per heavy atom. The standard InChI is InChI=1S/C28H48/c1-19(2)20(3)10-11-21(4)24-14-15-25-23-13-12-22-9-7-8-17-27(22,5)26(23)16-18-28(24,25)6/h15,19-24,26H,7-14,16-18H2,1-6H3/t20-,21+,22?,23?,24+,26?,27?,28?/m0/s1. The highest BCUT2D eigenvalue weighted by molar-refractivity contribution is 5.30. The van der Waals surface area contributed by atoms with Crippen molar-refractivity contribution < 1.29 is 0 Å². The molecule has 0 saturated heterocycles. The number of rotatable bonds is 5. The molecule has 3 fully saturated rings. The van der Waals surface area contributed by atoms with E-state index in [-0.39, 0.29) is 0 Å². The first-order valence-corrected chi connectivity index (χ1v) is 13.0. The second-order valence-electron chi connectivity index (χ2n) is 12.5. The maximum absolute atomic E-state index is 2.77. The Labute approximate surface area is 176 Å². The second-order valence-corrected chi connectivity index (χ2v) is 12.5. The Kier molecular flexibility index (Phi) is 5.83. The molecule has 5 unspecified atom stereocenters. The molecule has 0 aromatic carbocycles. The first kappa shape index (κ1) is 21.0. The number of allylic oxidation sites excluding steroid dienone is 2. The topological polar surface area (TPSA) is 0 Å². The van der Waals surface area contributed by atoms with Gasteiger partial charge in [-0.05, 0) is 97.2 Å². The fourth-order valence-electron chi connectivity index (χ4n) is 8.58. The zero-order valence-electron chi connectivity index (χ0n) is 19.9. The van der Waals surface area contributed by atoms with Gasteiger partial charge in [0, 0.05) is 0 Å². The van der Waals surface area contributed by atoms with Gasteiger partial charge in [0.1, 0.15) is 0 Å². The van der Waals surface area contributed by atoms with Gasteiger partial charge >= 0.3 is 0 Å². The third-order valence-electron chi connectivity index (χ3n) is 11.0. The van der Waals surface area contributed by atoms with Gasteiger partial charge in [0.25, 0.3) is 0 Å². The third kappa shape index (κ3) is 3.33. The van der Waals surface area contributed by atoms with Crippen LogP contribution >= 0.6 is 0 Å². The van der Waals surface area contributed by atoms with E-state index in [0.717, 1.165) is 41.4 Å². The second kappa shape index (κ2) is 7.77. The van der Waals surface area contributed by atoms with E-state index in [2.05, 4.69) is 47.6 Å². The van der Waals surface area contributed by atoms with E-state index in [1.54, 1.807) is 0 Å². The zero-order chi connectivity index (χ0) is 20.1. The molecule has 4 aliphatic carbocycles. The van der Waals surface area contributed by atoms with Crippen molar-refractivity contribution in [2.24, 2.45) is 52.3 Å². The SMILES string of the molecule is CC(C)[C@@H](C)CC[C@@H](C)[C@H]1CC=C2C3CCC4CCCCC4(C)C3CCC21C. The molecule has 0 heteroatoms. The van der Waals surface area contributed by atoms with Crippen LogP contribution in [0, 0.1) is 52.3 Å². The van der Waals surface area contributed by atoms with Crippen LogP contribution in [0.2, 0.25) is 0 Å². The first-order chi connectivity index (χ1) is 13.3. The Bertz CT molecular complexity index is 585. The van der Waals surface area contributed by atoms with Crippen molar-refractivity contribution in [2.45, 2.75) is 112 Å². The van der Waals surface area contributed by atoms with Crippen LogP contribution < -0.4 is 0 Å². The maximum atomic E-state index is 2.77. The van der Waals surface area contributed by atoms with Crippen LogP contribution in [0.1, 0.15) is 112 Å². The normalized spacial score (nSPS) is 45.0. The van der Waals surface area contributed by atoms with E-state index < -0.39 is 0 Å². The minimum absolute atomic E-state index is 0.527. The van der Waals surface area contributed by atoms with Crippen molar-refractivity contribution in [3.63, 3.8) is 0 Å². The lowest BCUT2D eigenvalue weighted by atomic mass is 9.45. The summed E-state index contributed by atoms with van der Waals surface area (Å²) >= 11 is 0. The van der Waals surface area contributed by atoms with Gasteiger partial charge in [0.15, 0.2) is 0 Å². The predicted octanol–water partition coefficient (Wildman–Crippen LogP) is 8.66. The van der Waals surface area contributed by atoms with Gasteiger partial charge in [0.05, 0.1) is 0 Å². The monoisotopic (exact) mass is 384 g/mol. The molecule has 160 valence electrons. The minimum Gasteiger partial charge on any atom is -0.0842 e. The molecule has 4 aliphatic rings. The third-order valence-corrected chi connectivity index (χ3v) is 11.0. The Balaban J connectivity index is 1.47. The summed E-state index contributed by atoms with van der Waals surface area (Å²) in [6, 6.07) is 0. The molecule has 8 atom stereocenters. The molecule has 0 nitrogen and oxygen atoms in total. The summed E-state index contributed by atoms with van der Waals surface area (Å²) in [6.07, 6.45) is 19.1. The highest BCUT2D eigenvalue weighted by atomic mass is 14.6. The van der Waals surface area contributed by atoms with Crippen LogP contribution in [0.15, 0.2) is 11.6 Å². The van der Waals surface area contributed by atoms with E-state index in [4.69, 9.17) is 0 Å². The molecule has 0 bridgehead atoms. The number of hydrogen-bond acceptors (Lipinski definition) is 0. The molecule has 0 heterocycles. The Morgan fingerprint density at radius 1 is 0.929 bits per heavy atom. The Morgan fingerprint density at radius 2 is 1.71 bits per heavy atom. The molecule has 0 aliphatic heterocycles. The fraction of sp³-hybridized carbons (Fsp3) is 0.929. The van der Waals surface area contributed by atoms with Crippen molar-refractivity contribution in [1.82, 2.24) is 0 Å². The van der Waals surface area contributed by atoms with Crippen molar-refractivity contribution >= 4 is 0 Å². The molecule has 0 amide bonds. The number of fused-ring (bicyclic) bond motifs is 5. The highest BCUT2D eigenvalue weighted by Crippen LogP contribution is 2.66. The first-order valence-electron chi connectivity index (χ1n) is 13.0. The van der Waals surface area contributed by atoms with Gasteiger partial charge in [-0.2, -0.15) is 0 Å². The average molecular weight is 385 g/mol. The van der Waals surface area contributed by atoms with E-state index in [0.29, 0.717) is 10.8 Å². The lowest BCUT2D eigenvalue weighted by molar-refractivity contribution is -0.0585. The molecule has 28 heavy (non-hydrogen) atoms. The van der Waals surface area contributed by atoms with Crippen molar-refractivity contribution in [3.05, 3.63) is 11.6 Å². The molecule has 0 N–H and O–H groups in total. The molecule has 0 radical (unpaired) electrons. The summed E-state index contributed by atoms with van der Waals surface area (Å²) in [4.78, 5) is 0. The van der Waals surface area contributed by atoms with Crippen molar-refractivity contribution in [3.8, 4) is 0 Å². The lowest BCUT2D eigenvalue weighted by Gasteiger charge is -2.59. The summed E-state index contributed by atoms with van der Waals surface area (Å²) in [5.74, 6) is 6.49. The largest absolute Gasteiger partial charge is 0.0842 e.